The van der Waals surface area contributed by atoms with Crippen LogP contribution in [0.15, 0.2) is 108 Å². The maximum absolute atomic E-state index is 7.65. The van der Waals surface area contributed by atoms with Crippen molar-refractivity contribution in [2.45, 2.75) is 236 Å². The second-order valence-electron chi connectivity index (χ2n) is 31.5. The van der Waals surface area contributed by atoms with Crippen LogP contribution in [-0.2, 0) is 43.3 Å². The molecule has 3 unspecified atom stereocenters. The predicted molar refractivity (Wildman–Crippen MR) is 340 cm³/mol. The van der Waals surface area contributed by atoms with Gasteiger partial charge in [-0.2, -0.15) is 0 Å². The van der Waals surface area contributed by atoms with Crippen LogP contribution < -0.4 is 31.7 Å². The third kappa shape index (κ3) is 6.82. The lowest BCUT2D eigenvalue weighted by Crippen LogP contribution is -2.60. The molecule has 2 bridgehead atoms. The van der Waals surface area contributed by atoms with Gasteiger partial charge in [-0.1, -0.05) is 157 Å². The van der Waals surface area contributed by atoms with Gasteiger partial charge in [0, 0.05) is 44.9 Å². The van der Waals surface area contributed by atoms with Crippen molar-refractivity contribution >= 4 is 74.1 Å². The van der Waals surface area contributed by atoms with Crippen LogP contribution in [0, 0.1) is 6.92 Å². The standard InChI is InChI=1S/C75H88BN3O/c1-46-39-53-54(70(9,10)30-29-69(53,7)8)44-60(46)78-61-40-47(67(2,3)4)25-26-57(61)76-64-58(41-48(42-62(64)78)79-59-24-18-17-23-52(59)73(13)27-19-20-28-74(73,79)14)77-65-49-43-56-55(45-63(49)80-66(65)76)72(12)34-37-75(56,38-35-72)36-33-71(11)32-31-68(5,6)50-21-15-16-22-51(50)71/h15-18,21-26,39-45,77H,19-20,27-38H2,1-14H3. The molecule has 1 N–H and O–H groups in total. The lowest BCUT2D eigenvalue weighted by molar-refractivity contribution is 0.147. The molecule has 412 valence electrons. The fourth-order valence-electron chi connectivity index (χ4n) is 18.7. The Balaban J connectivity index is 0.957. The molecule has 0 spiro atoms. The Morgan fingerprint density at radius 2 is 1.21 bits per heavy atom. The molecule has 9 aliphatic rings. The molecule has 0 amide bonds. The summed E-state index contributed by atoms with van der Waals surface area (Å²) >= 11 is 0. The maximum atomic E-state index is 7.65. The van der Waals surface area contributed by atoms with E-state index in [2.05, 4.69) is 215 Å². The number of furan rings is 1. The van der Waals surface area contributed by atoms with E-state index in [0.717, 1.165) is 17.7 Å². The Labute approximate surface area is 480 Å². The number of hydrogen-bond donors (Lipinski definition) is 1. The molecule has 3 atom stereocenters. The summed E-state index contributed by atoms with van der Waals surface area (Å²) in [6.07, 6.45) is 17.2. The summed E-state index contributed by atoms with van der Waals surface area (Å²) in [5, 5.41) is 5.60. The minimum absolute atomic E-state index is 0.0275. The molecule has 80 heavy (non-hydrogen) atoms. The number of hydrogen-bond acceptors (Lipinski definition) is 4. The van der Waals surface area contributed by atoms with Gasteiger partial charge in [0.25, 0.3) is 6.71 Å². The van der Waals surface area contributed by atoms with Crippen LogP contribution in [0.3, 0.4) is 0 Å². The lowest BCUT2D eigenvalue weighted by atomic mass is 9.35. The third-order valence-corrected chi connectivity index (χ3v) is 24.5. The van der Waals surface area contributed by atoms with E-state index in [0.29, 0.717) is 0 Å². The molecule has 16 rings (SSSR count). The van der Waals surface area contributed by atoms with Crippen LogP contribution in [0.1, 0.15) is 230 Å². The van der Waals surface area contributed by atoms with Crippen molar-refractivity contribution in [3.8, 4) is 0 Å². The Hall–Kier alpha value is -5.68. The monoisotopic (exact) mass is 1060 g/mol. The zero-order valence-corrected chi connectivity index (χ0v) is 51.1. The second kappa shape index (κ2) is 16.3. The van der Waals surface area contributed by atoms with Gasteiger partial charge in [-0.15, -0.1) is 0 Å². The highest BCUT2D eigenvalue weighted by atomic mass is 16.3. The highest BCUT2D eigenvalue weighted by Gasteiger charge is 2.59. The molecule has 3 aliphatic heterocycles. The molecule has 7 aromatic rings. The highest BCUT2D eigenvalue weighted by Crippen LogP contribution is 2.64. The van der Waals surface area contributed by atoms with E-state index in [1.54, 1.807) is 22.3 Å². The fourth-order valence-corrected chi connectivity index (χ4v) is 18.7. The number of benzene rings is 6. The van der Waals surface area contributed by atoms with Crippen molar-refractivity contribution in [3.05, 3.63) is 153 Å². The second-order valence-corrected chi connectivity index (χ2v) is 31.5. The molecule has 6 aromatic carbocycles. The minimum atomic E-state index is -0.0958. The zero-order valence-electron chi connectivity index (χ0n) is 51.1. The van der Waals surface area contributed by atoms with Gasteiger partial charge in [0.1, 0.15) is 5.58 Å². The summed E-state index contributed by atoms with van der Waals surface area (Å²) in [6, 6.07) is 42.1. The van der Waals surface area contributed by atoms with E-state index in [1.165, 1.54) is 167 Å². The molecular weight excluding hydrogens is 970 g/mol. The summed E-state index contributed by atoms with van der Waals surface area (Å²) in [4.78, 5) is 5.54. The third-order valence-electron chi connectivity index (χ3n) is 24.5. The smallest absolute Gasteiger partial charge is 0.297 e. The van der Waals surface area contributed by atoms with Crippen LogP contribution in [0.5, 0.6) is 0 Å². The molecule has 1 aromatic heterocycles. The largest absolute Gasteiger partial charge is 0.468 e. The molecule has 2 saturated carbocycles. The highest BCUT2D eigenvalue weighted by molar-refractivity contribution is 6.99. The Kier molecular flexibility index (Phi) is 10.4. The number of aryl methyl sites for hydroxylation is 1. The van der Waals surface area contributed by atoms with Crippen molar-refractivity contribution in [3.63, 3.8) is 0 Å². The Bertz CT molecular complexity index is 3800. The zero-order chi connectivity index (χ0) is 55.7. The van der Waals surface area contributed by atoms with Crippen molar-refractivity contribution in [1.29, 1.82) is 0 Å². The van der Waals surface area contributed by atoms with Crippen molar-refractivity contribution in [2.75, 3.05) is 15.1 Å². The Morgan fingerprint density at radius 1 is 0.550 bits per heavy atom. The average molecular weight is 1060 g/mol. The summed E-state index contributed by atoms with van der Waals surface area (Å²) in [6.45, 7) is 34.6. The van der Waals surface area contributed by atoms with E-state index in [-0.39, 0.29) is 55.6 Å². The van der Waals surface area contributed by atoms with Gasteiger partial charge in [0.15, 0.2) is 0 Å². The fraction of sp³-hybridized carbons (Fsp3) is 0.493. The van der Waals surface area contributed by atoms with Gasteiger partial charge >= 0.3 is 0 Å². The van der Waals surface area contributed by atoms with Gasteiger partial charge in [0.2, 0.25) is 0 Å². The van der Waals surface area contributed by atoms with Crippen LogP contribution in [0.4, 0.5) is 39.8 Å². The Morgan fingerprint density at radius 3 is 1.95 bits per heavy atom. The van der Waals surface area contributed by atoms with E-state index in [4.69, 9.17) is 4.42 Å². The first kappa shape index (κ1) is 51.2. The van der Waals surface area contributed by atoms with E-state index in [9.17, 15) is 0 Å². The van der Waals surface area contributed by atoms with Gasteiger partial charge in [-0.05, 0) is 232 Å². The first-order valence-corrected chi connectivity index (χ1v) is 31.5. The topological polar surface area (TPSA) is 31.7 Å². The number of para-hydroxylation sites is 1. The number of nitrogens with zero attached hydrogens (tertiary/aromatic N) is 2. The molecule has 0 saturated heterocycles. The summed E-state index contributed by atoms with van der Waals surface area (Å²) in [5.41, 5.74) is 27.9. The van der Waals surface area contributed by atoms with Gasteiger partial charge < -0.3 is 19.5 Å². The molecular formula is C75H88BN3O. The van der Waals surface area contributed by atoms with E-state index < -0.39 is 0 Å². The lowest BCUT2D eigenvalue weighted by Gasteiger charge is -2.55. The molecule has 6 aliphatic carbocycles. The predicted octanol–water partition coefficient (Wildman–Crippen LogP) is 18.4. The van der Waals surface area contributed by atoms with E-state index >= 15 is 0 Å². The van der Waals surface area contributed by atoms with E-state index in [1.807, 2.05) is 0 Å². The molecule has 4 heterocycles. The average Bonchev–Trinajstić information content (AvgIpc) is 3.82. The van der Waals surface area contributed by atoms with Gasteiger partial charge in [0.05, 0.1) is 16.9 Å². The van der Waals surface area contributed by atoms with Crippen LogP contribution in [0.2, 0.25) is 0 Å². The van der Waals surface area contributed by atoms with Gasteiger partial charge in [-0.3, -0.25) is 0 Å². The normalized spacial score (nSPS) is 28.7. The minimum Gasteiger partial charge on any atom is -0.468 e. The van der Waals surface area contributed by atoms with Crippen LogP contribution in [-0.4, -0.2) is 12.3 Å². The SMILES string of the molecule is Cc1cc2c(cc1N1c3cc(C(C)(C)C)ccc3B3c4oc5cc6c(cc5c4Nc4cc(N5c7ccccc7C7(C)CCCCC57C)cc1c43)C1(CCC3(C)CCC(C)(C)c4ccccc43)CCC6(C)CC1)C(C)(C)CCC2(C)C. The maximum Gasteiger partial charge on any atom is 0.297 e. The molecule has 0 radical (unpaired) electrons. The van der Waals surface area contributed by atoms with Crippen molar-refractivity contribution < 1.29 is 4.42 Å². The number of nitrogens with one attached hydrogen (secondary N) is 1. The first-order chi connectivity index (χ1) is 37.8. The summed E-state index contributed by atoms with van der Waals surface area (Å²) < 4.78 is 7.65. The number of rotatable bonds is 5. The van der Waals surface area contributed by atoms with Crippen LogP contribution >= 0.6 is 0 Å². The van der Waals surface area contributed by atoms with Crippen LogP contribution in [0.25, 0.3) is 11.0 Å². The number of anilines is 7. The van der Waals surface area contributed by atoms with Crippen molar-refractivity contribution in [2.24, 2.45) is 0 Å². The van der Waals surface area contributed by atoms with Crippen molar-refractivity contribution in [1.82, 2.24) is 0 Å². The first-order valence-electron chi connectivity index (χ1n) is 31.5. The summed E-state index contributed by atoms with van der Waals surface area (Å²) in [7, 11) is 0. The number of fused-ring (bicyclic) bond motifs is 13. The molecule has 4 nitrogen and oxygen atoms in total. The van der Waals surface area contributed by atoms with Gasteiger partial charge in [-0.25, -0.2) is 0 Å². The molecule has 2 fully saturated rings. The summed E-state index contributed by atoms with van der Waals surface area (Å²) in [5.74, 6) is 0. The quantitative estimate of drug-likeness (QED) is 0.174. The molecule has 5 heteroatoms.